The second-order valence-corrected chi connectivity index (χ2v) is 4.30. The highest BCUT2D eigenvalue weighted by atomic mass is 16.1. The summed E-state index contributed by atoms with van der Waals surface area (Å²) in [5, 5.41) is 2.97. The van der Waals surface area contributed by atoms with Gasteiger partial charge < -0.3 is 5.32 Å². The molecule has 93 valence electrons. The van der Waals surface area contributed by atoms with Crippen molar-refractivity contribution in [3.63, 3.8) is 0 Å². The Kier molecular flexibility index (Phi) is 6.30. The molecule has 1 unspecified atom stereocenters. The molecule has 1 N–H and O–H groups in total. The van der Waals surface area contributed by atoms with Gasteiger partial charge in [-0.15, -0.1) is 0 Å². The van der Waals surface area contributed by atoms with Gasteiger partial charge in [-0.2, -0.15) is 0 Å². The Hall–Kier alpha value is -1.38. The Morgan fingerprint density at radius 2 is 2.35 bits per heavy atom. The van der Waals surface area contributed by atoms with Crippen LogP contribution in [0, 0.1) is 12.1 Å². The maximum absolute atomic E-state index is 11.8. The van der Waals surface area contributed by atoms with Gasteiger partial charge in [-0.1, -0.05) is 33.1 Å². The Labute approximate surface area is 104 Å². The zero-order valence-corrected chi connectivity index (χ0v) is 10.7. The standard InChI is InChI=1S/C14H21N2O/c1-3-5-7-12(4-2)10-16-14(17)13-8-6-9-15-11-13/h6,8,11-12H,3-5,7,10H2,1-2H3,(H,16,17). The van der Waals surface area contributed by atoms with Crippen LogP contribution in [0.5, 0.6) is 0 Å². The molecule has 3 heteroatoms. The lowest BCUT2D eigenvalue weighted by atomic mass is 9.99. The fraction of sp³-hybridized carbons (Fsp3) is 0.571. The molecule has 0 spiro atoms. The first-order chi connectivity index (χ1) is 8.27. The number of pyridine rings is 1. The van der Waals surface area contributed by atoms with Gasteiger partial charge in [0.2, 0.25) is 0 Å². The minimum absolute atomic E-state index is 0.0403. The number of aromatic nitrogens is 1. The summed E-state index contributed by atoms with van der Waals surface area (Å²) in [6, 6.07) is 3.39. The topological polar surface area (TPSA) is 42.0 Å². The molecule has 0 aromatic carbocycles. The molecule has 1 aromatic heterocycles. The third kappa shape index (κ3) is 4.98. The quantitative estimate of drug-likeness (QED) is 0.787. The van der Waals surface area contributed by atoms with Crippen molar-refractivity contribution in [1.29, 1.82) is 0 Å². The molecule has 0 fully saturated rings. The second kappa shape index (κ2) is 7.82. The van der Waals surface area contributed by atoms with E-state index in [1.54, 1.807) is 18.3 Å². The van der Waals surface area contributed by atoms with Crippen LogP contribution in [0.15, 0.2) is 18.3 Å². The molecule has 1 amide bonds. The molecular weight excluding hydrogens is 212 g/mol. The minimum Gasteiger partial charge on any atom is -0.352 e. The third-order valence-electron chi connectivity index (χ3n) is 2.97. The number of unbranched alkanes of at least 4 members (excludes halogenated alkanes) is 1. The SMILES string of the molecule is CCCCC(CC)CNC(=O)c1cc[c]nc1. The predicted octanol–water partition coefficient (Wildman–Crippen LogP) is 2.83. The molecular formula is C14H21N2O. The summed E-state index contributed by atoms with van der Waals surface area (Å²) in [6.07, 6.45) is 8.95. The Morgan fingerprint density at radius 3 is 2.94 bits per heavy atom. The van der Waals surface area contributed by atoms with E-state index >= 15 is 0 Å². The molecule has 0 aliphatic carbocycles. The van der Waals surface area contributed by atoms with Gasteiger partial charge in [0.05, 0.1) is 11.8 Å². The van der Waals surface area contributed by atoms with Crippen molar-refractivity contribution in [1.82, 2.24) is 10.3 Å². The predicted molar refractivity (Wildman–Crippen MR) is 68.7 cm³/mol. The van der Waals surface area contributed by atoms with Crippen LogP contribution < -0.4 is 5.32 Å². The molecule has 17 heavy (non-hydrogen) atoms. The molecule has 1 rings (SSSR count). The molecule has 0 aliphatic heterocycles. The van der Waals surface area contributed by atoms with Gasteiger partial charge >= 0.3 is 0 Å². The number of carbonyl (C=O) groups is 1. The van der Waals surface area contributed by atoms with Crippen LogP contribution in [0.1, 0.15) is 49.9 Å². The molecule has 0 saturated carbocycles. The van der Waals surface area contributed by atoms with Gasteiger partial charge in [-0.25, -0.2) is 0 Å². The molecule has 3 nitrogen and oxygen atoms in total. The molecule has 0 bridgehead atoms. The summed E-state index contributed by atoms with van der Waals surface area (Å²) >= 11 is 0. The summed E-state index contributed by atoms with van der Waals surface area (Å²) in [4.78, 5) is 15.6. The Balaban J connectivity index is 2.36. The smallest absolute Gasteiger partial charge is 0.252 e. The van der Waals surface area contributed by atoms with E-state index in [0.717, 1.165) is 13.0 Å². The number of hydrogen-bond donors (Lipinski definition) is 1. The van der Waals surface area contributed by atoms with Crippen molar-refractivity contribution in [2.24, 2.45) is 5.92 Å². The zero-order chi connectivity index (χ0) is 12.5. The van der Waals surface area contributed by atoms with E-state index < -0.39 is 0 Å². The highest BCUT2D eigenvalue weighted by Crippen LogP contribution is 2.11. The van der Waals surface area contributed by atoms with E-state index in [1.165, 1.54) is 19.3 Å². The van der Waals surface area contributed by atoms with Gasteiger partial charge in [-0.05, 0) is 24.5 Å². The van der Waals surface area contributed by atoms with Gasteiger partial charge in [0.25, 0.3) is 5.91 Å². The van der Waals surface area contributed by atoms with E-state index in [1.807, 2.05) is 0 Å². The lowest BCUT2D eigenvalue weighted by Crippen LogP contribution is -2.29. The van der Waals surface area contributed by atoms with Crippen LogP contribution in [0.2, 0.25) is 0 Å². The van der Waals surface area contributed by atoms with Crippen LogP contribution in [0.3, 0.4) is 0 Å². The Morgan fingerprint density at radius 1 is 1.53 bits per heavy atom. The van der Waals surface area contributed by atoms with Crippen molar-refractivity contribution in [3.05, 3.63) is 30.1 Å². The van der Waals surface area contributed by atoms with E-state index in [-0.39, 0.29) is 5.91 Å². The number of rotatable bonds is 7. The number of amides is 1. The first kappa shape index (κ1) is 13.7. The highest BCUT2D eigenvalue weighted by Gasteiger charge is 2.09. The van der Waals surface area contributed by atoms with Crippen LogP contribution in [0.4, 0.5) is 0 Å². The monoisotopic (exact) mass is 233 g/mol. The summed E-state index contributed by atoms with van der Waals surface area (Å²) in [5.41, 5.74) is 0.606. The van der Waals surface area contributed by atoms with E-state index in [2.05, 4.69) is 30.3 Å². The Bertz CT molecular complexity index is 324. The number of nitrogens with one attached hydrogen (secondary N) is 1. The van der Waals surface area contributed by atoms with Crippen molar-refractivity contribution in [3.8, 4) is 0 Å². The molecule has 1 aromatic rings. The maximum atomic E-state index is 11.8. The van der Waals surface area contributed by atoms with Crippen LogP contribution >= 0.6 is 0 Å². The van der Waals surface area contributed by atoms with Crippen molar-refractivity contribution in [2.75, 3.05) is 6.54 Å². The molecule has 0 aliphatic rings. The first-order valence-electron chi connectivity index (χ1n) is 6.38. The van der Waals surface area contributed by atoms with Crippen molar-refractivity contribution in [2.45, 2.75) is 39.5 Å². The lowest BCUT2D eigenvalue weighted by molar-refractivity contribution is 0.0945. The van der Waals surface area contributed by atoms with Gasteiger partial charge in [-0.3, -0.25) is 9.78 Å². The van der Waals surface area contributed by atoms with Gasteiger partial charge in [0.1, 0.15) is 0 Å². The minimum atomic E-state index is -0.0403. The first-order valence-corrected chi connectivity index (χ1v) is 6.38. The second-order valence-electron chi connectivity index (χ2n) is 4.30. The fourth-order valence-electron chi connectivity index (χ4n) is 1.74. The summed E-state index contributed by atoms with van der Waals surface area (Å²) in [5.74, 6) is 0.545. The van der Waals surface area contributed by atoms with Crippen LogP contribution in [-0.4, -0.2) is 17.4 Å². The number of carbonyl (C=O) groups excluding carboxylic acids is 1. The van der Waals surface area contributed by atoms with Gasteiger partial charge in [0, 0.05) is 12.7 Å². The van der Waals surface area contributed by atoms with E-state index in [0.29, 0.717) is 11.5 Å². The average molecular weight is 233 g/mol. The average Bonchev–Trinajstić information content (AvgIpc) is 2.39. The zero-order valence-electron chi connectivity index (χ0n) is 10.7. The van der Waals surface area contributed by atoms with E-state index in [9.17, 15) is 4.79 Å². The third-order valence-corrected chi connectivity index (χ3v) is 2.97. The van der Waals surface area contributed by atoms with Gasteiger partial charge in [0.15, 0.2) is 0 Å². The largest absolute Gasteiger partial charge is 0.352 e. The summed E-state index contributed by atoms with van der Waals surface area (Å²) < 4.78 is 0. The molecule has 0 saturated heterocycles. The van der Waals surface area contributed by atoms with Crippen molar-refractivity contribution >= 4 is 5.91 Å². The summed E-state index contributed by atoms with van der Waals surface area (Å²) in [6.45, 7) is 5.12. The highest BCUT2D eigenvalue weighted by molar-refractivity contribution is 5.93. The number of nitrogens with zero attached hydrogens (tertiary/aromatic N) is 1. The molecule has 1 radical (unpaired) electrons. The fourth-order valence-corrected chi connectivity index (χ4v) is 1.74. The lowest BCUT2D eigenvalue weighted by Gasteiger charge is -2.15. The van der Waals surface area contributed by atoms with Crippen LogP contribution in [-0.2, 0) is 0 Å². The maximum Gasteiger partial charge on any atom is 0.252 e. The summed E-state index contributed by atoms with van der Waals surface area (Å²) in [7, 11) is 0. The molecule has 1 atom stereocenters. The molecule has 1 heterocycles. The van der Waals surface area contributed by atoms with E-state index in [4.69, 9.17) is 0 Å². The number of hydrogen-bond acceptors (Lipinski definition) is 2. The van der Waals surface area contributed by atoms with Crippen molar-refractivity contribution < 1.29 is 4.79 Å². The normalized spacial score (nSPS) is 12.1. The van der Waals surface area contributed by atoms with Crippen LogP contribution in [0.25, 0.3) is 0 Å².